The number of halogens is 4. The molecule has 0 saturated heterocycles. The van der Waals surface area contributed by atoms with E-state index in [4.69, 9.17) is 23.2 Å². The van der Waals surface area contributed by atoms with Gasteiger partial charge in [-0.2, -0.15) is 8.78 Å². The van der Waals surface area contributed by atoms with E-state index in [1.54, 1.807) is 12.1 Å². The second kappa shape index (κ2) is 5.49. The summed E-state index contributed by atoms with van der Waals surface area (Å²) >= 11 is 11.7. The third kappa shape index (κ3) is 3.18. The number of alkyl halides is 2. The van der Waals surface area contributed by atoms with Crippen LogP contribution in [0.3, 0.4) is 0 Å². The van der Waals surface area contributed by atoms with Crippen molar-refractivity contribution < 1.29 is 13.5 Å². The number of rotatable bonds is 4. The Kier molecular flexibility index (Phi) is 4.17. The second-order valence-electron chi connectivity index (χ2n) is 4.57. The Bertz CT molecular complexity index is 413. The quantitative estimate of drug-likeness (QED) is 0.861. The molecule has 2 nitrogen and oxygen atoms in total. The summed E-state index contributed by atoms with van der Waals surface area (Å²) < 4.78 is 28.6. The van der Waals surface area contributed by atoms with Gasteiger partial charge >= 0.3 is 6.61 Å². The highest BCUT2D eigenvalue weighted by atomic mass is 35.5. The summed E-state index contributed by atoms with van der Waals surface area (Å²) in [7, 11) is 0. The predicted octanol–water partition coefficient (Wildman–Crippen LogP) is 4.81. The molecule has 1 fully saturated rings. The van der Waals surface area contributed by atoms with Crippen LogP contribution in [0, 0.1) is 5.92 Å². The monoisotopic (exact) mass is 295 g/mol. The van der Waals surface area contributed by atoms with E-state index in [0.29, 0.717) is 6.04 Å². The Labute approximate surface area is 114 Å². The van der Waals surface area contributed by atoms with Gasteiger partial charge in [0.05, 0.1) is 10.0 Å². The van der Waals surface area contributed by atoms with E-state index < -0.39 is 6.61 Å². The van der Waals surface area contributed by atoms with Gasteiger partial charge in [0.1, 0.15) is 0 Å². The van der Waals surface area contributed by atoms with Crippen LogP contribution in [0.2, 0.25) is 10.0 Å². The molecule has 0 unspecified atom stereocenters. The molecule has 0 amide bonds. The van der Waals surface area contributed by atoms with E-state index >= 15 is 0 Å². The van der Waals surface area contributed by atoms with Crippen LogP contribution in [0.25, 0.3) is 0 Å². The molecule has 1 saturated carbocycles. The van der Waals surface area contributed by atoms with Crippen LogP contribution in [-0.2, 0) is 0 Å². The van der Waals surface area contributed by atoms with Gasteiger partial charge in [0.15, 0.2) is 5.75 Å². The molecule has 1 aromatic carbocycles. The van der Waals surface area contributed by atoms with Crippen molar-refractivity contribution in [2.45, 2.75) is 32.4 Å². The van der Waals surface area contributed by atoms with Crippen LogP contribution in [0.5, 0.6) is 5.75 Å². The molecule has 6 heteroatoms. The van der Waals surface area contributed by atoms with Gasteiger partial charge in [-0.15, -0.1) is 0 Å². The van der Waals surface area contributed by atoms with Crippen molar-refractivity contribution in [1.29, 1.82) is 0 Å². The molecule has 1 aromatic rings. The number of hydrogen-bond donors (Lipinski definition) is 1. The molecule has 1 N–H and O–H groups in total. The van der Waals surface area contributed by atoms with Gasteiger partial charge in [0.25, 0.3) is 0 Å². The molecule has 0 aliphatic heterocycles. The zero-order chi connectivity index (χ0) is 13.3. The molecule has 2 rings (SSSR count). The molecule has 1 aliphatic carbocycles. The lowest BCUT2D eigenvalue weighted by molar-refractivity contribution is -0.0497. The maximum atomic E-state index is 12.1. The Morgan fingerprint density at radius 1 is 1.28 bits per heavy atom. The fourth-order valence-electron chi connectivity index (χ4n) is 2.10. The van der Waals surface area contributed by atoms with E-state index in [-0.39, 0.29) is 15.8 Å². The van der Waals surface area contributed by atoms with Crippen LogP contribution in [0.4, 0.5) is 14.5 Å². The van der Waals surface area contributed by atoms with E-state index in [0.717, 1.165) is 24.4 Å². The number of hydrogen-bond acceptors (Lipinski definition) is 2. The fraction of sp³-hybridized carbons (Fsp3) is 0.500. The van der Waals surface area contributed by atoms with Gasteiger partial charge in [0.2, 0.25) is 0 Å². The van der Waals surface area contributed by atoms with Crippen LogP contribution in [0.15, 0.2) is 12.1 Å². The van der Waals surface area contributed by atoms with Gasteiger partial charge in [-0.3, -0.25) is 0 Å². The highest BCUT2D eigenvalue weighted by Gasteiger charge is 2.25. The minimum Gasteiger partial charge on any atom is -0.432 e. The number of anilines is 1. The number of benzene rings is 1. The maximum absolute atomic E-state index is 12.1. The van der Waals surface area contributed by atoms with Gasteiger partial charge in [-0.25, -0.2) is 0 Å². The molecule has 0 bridgehead atoms. The topological polar surface area (TPSA) is 21.3 Å². The van der Waals surface area contributed by atoms with Gasteiger partial charge < -0.3 is 10.1 Å². The third-order valence-corrected chi connectivity index (χ3v) is 3.51. The van der Waals surface area contributed by atoms with E-state index in [1.807, 2.05) is 0 Å². The first-order valence-corrected chi connectivity index (χ1v) is 6.41. The molecular formula is C12H13Cl2F2NO. The molecule has 0 radical (unpaired) electrons. The van der Waals surface area contributed by atoms with E-state index in [1.165, 1.54) is 0 Å². The van der Waals surface area contributed by atoms with Gasteiger partial charge in [-0.1, -0.05) is 30.1 Å². The summed E-state index contributed by atoms with van der Waals surface area (Å²) in [6.45, 7) is -0.760. The summed E-state index contributed by atoms with van der Waals surface area (Å²) in [5.41, 5.74) is 0.725. The van der Waals surface area contributed by atoms with Crippen LogP contribution >= 0.6 is 23.2 Å². The average Bonchev–Trinajstić information content (AvgIpc) is 2.21. The Morgan fingerprint density at radius 2 is 1.83 bits per heavy atom. The fourth-order valence-corrected chi connectivity index (χ4v) is 2.68. The standard InChI is InChI=1S/C12H13Cl2F2NO/c1-6-2-7(3-6)17-8-4-9(13)11(10(14)5-8)18-12(15)16/h4-7,12,17H,2-3H2,1H3. The largest absolute Gasteiger partial charge is 0.432 e. The first-order valence-electron chi connectivity index (χ1n) is 5.66. The number of ether oxygens (including phenoxy) is 1. The summed E-state index contributed by atoms with van der Waals surface area (Å²) in [5.74, 6) is 0.538. The Morgan fingerprint density at radius 3 is 2.28 bits per heavy atom. The maximum Gasteiger partial charge on any atom is 0.387 e. The van der Waals surface area contributed by atoms with Crippen molar-refractivity contribution in [3.8, 4) is 5.75 Å². The van der Waals surface area contributed by atoms with Crippen molar-refractivity contribution in [1.82, 2.24) is 0 Å². The van der Waals surface area contributed by atoms with E-state index in [2.05, 4.69) is 17.0 Å². The summed E-state index contributed by atoms with van der Waals surface area (Å²) in [4.78, 5) is 0. The molecule has 1 aliphatic rings. The molecule has 18 heavy (non-hydrogen) atoms. The van der Waals surface area contributed by atoms with Crippen LogP contribution < -0.4 is 10.1 Å². The SMILES string of the molecule is CC1CC(Nc2cc(Cl)c(OC(F)F)c(Cl)c2)C1. The normalized spacial score (nSPS) is 22.8. The number of nitrogens with one attached hydrogen (secondary N) is 1. The van der Waals surface area contributed by atoms with Crippen molar-refractivity contribution in [2.24, 2.45) is 5.92 Å². The van der Waals surface area contributed by atoms with Crippen molar-refractivity contribution in [3.63, 3.8) is 0 Å². The smallest absolute Gasteiger partial charge is 0.387 e. The average molecular weight is 296 g/mol. The first-order chi connectivity index (χ1) is 8.45. The molecule has 0 heterocycles. The Hall–Kier alpha value is -0.740. The van der Waals surface area contributed by atoms with Crippen molar-refractivity contribution >= 4 is 28.9 Å². The zero-order valence-electron chi connectivity index (χ0n) is 9.72. The first kappa shape index (κ1) is 13.7. The lowest BCUT2D eigenvalue weighted by Crippen LogP contribution is -2.33. The van der Waals surface area contributed by atoms with Crippen LogP contribution in [-0.4, -0.2) is 12.7 Å². The summed E-state index contributed by atoms with van der Waals surface area (Å²) in [6, 6.07) is 3.50. The lowest BCUT2D eigenvalue weighted by Gasteiger charge is -2.34. The molecule has 0 aromatic heterocycles. The second-order valence-corrected chi connectivity index (χ2v) is 5.38. The van der Waals surface area contributed by atoms with Crippen molar-refractivity contribution in [3.05, 3.63) is 22.2 Å². The summed E-state index contributed by atoms with van der Waals surface area (Å²) in [5, 5.41) is 3.42. The predicted molar refractivity (Wildman–Crippen MR) is 68.9 cm³/mol. The van der Waals surface area contributed by atoms with Crippen LogP contribution in [0.1, 0.15) is 19.8 Å². The zero-order valence-corrected chi connectivity index (χ0v) is 11.2. The highest BCUT2D eigenvalue weighted by molar-refractivity contribution is 6.37. The molecular weight excluding hydrogens is 283 g/mol. The molecule has 0 atom stereocenters. The minimum atomic E-state index is -2.94. The molecule has 100 valence electrons. The molecule has 0 spiro atoms. The minimum absolute atomic E-state index is 0.0812. The van der Waals surface area contributed by atoms with Gasteiger partial charge in [0, 0.05) is 11.7 Å². The summed E-state index contributed by atoms with van der Waals surface area (Å²) in [6.07, 6.45) is 2.18. The van der Waals surface area contributed by atoms with Gasteiger partial charge in [-0.05, 0) is 30.9 Å². The van der Waals surface area contributed by atoms with E-state index in [9.17, 15) is 8.78 Å². The Balaban J connectivity index is 2.09. The highest BCUT2D eigenvalue weighted by Crippen LogP contribution is 2.38. The third-order valence-electron chi connectivity index (χ3n) is 2.95. The van der Waals surface area contributed by atoms with Crippen molar-refractivity contribution in [2.75, 3.05) is 5.32 Å². The lowest BCUT2D eigenvalue weighted by atomic mass is 9.82.